The molecule has 1 fully saturated rings. The van der Waals surface area contributed by atoms with Crippen LogP contribution in [0.25, 0.3) is 0 Å². The fraction of sp³-hybridized carbons (Fsp3) is 0.450. The van der Waals surface area contributed by atoms with Crippen molar-refractivity contribution in [1.82, 2.24) is 15.3 Å². The van der Waals surface area contributed by atoms with Crippen molar-refractivity contribution in [3.05, 3.63) is 47.4 Å². The maximum absolute atomic E-state index is 12.5. The van der Waals surface area contributed by atoms with Crippen LogP contribution in [0.2, 0.25) is 0 Å². The lowest BCUT2D eigenvalue weighted by atomic mass is 9.95. The molecule has 0 spiro atoms. The summed E-state index contributed by atoms with van der Waals surface area (Å²) in [6.07, 6.45) is 1.69. The molecule has 3 rings (SSSR count). The fourth-order valence-corrected chi connectivity index (χ4v) is 3.31. The first-order valence-electron chi connectivity index (χ1n) is 9.03. The van der Waals surface area contributed by atoms with Crippen LogP contribution in [-0.4, -0.2) is 36.1 Å². The van der Waals surface area contributed by atoms with Crippen LogP contribution < -0.4 is 15.0 Å². The number of nitrogens with one attached hydrogen (secondary N) is 1. The Morgan fingerprint density at radius 1 is 1.19 bits per heavy atom. The van der Waals surface area contributed by atoms with E-state index in [1.165, 1.54) is 0 Å². The smallest absolute Gasteiger partial charge is 0.223 e. The number of anilines is 1. The Hall–Kier alpha value is -2.63. The van der Waals surface area contributed by atoms with Crippen LogP contribution in [0, 0.1) is 19.8 Å². The summed E-state index contributed by atoms with van der Waals surface area (Å²) >= 11 is 0. The highest BCUT2D eigenvalue weighted by molar-refractivity contribution is 5.79. The molecule has 2 heterocycles. The van der Waals surface area contributed by atoms with Crippen molar-refractivity contribution in [2.24, 2.45) is 5.92 Å². The van der Waals surface area contributed by atoms with E-state index < -0.39 is 0 Å². The zero-order valence-corrected chi connectivity index (χ0v) is 15.7. The van der Waals surface area contributed by atoms with Gasteiger partial charge in [0.05, 0.1) is 7.11 Å². The number of hydrogen-bond donors (Lipinski definition) is 1. The lowest BCUT2D eigenvalue weighted by molar-refractivity contribution is -0.125. The van der Waals surface area contributed by atoms with E-state index in [1.54, 1.807) is 7.11 Å². The number of carbonyl (C=O) groups excluding carboxylic acids is 1. The molecule has 0 radical (unpaired) electrons. The molecule has 0 aliphatic carbocycles. The van der Waals surface area contributed by atoms with E-state index in [4.69, 9.17) is 4.74 Å². The van der Waals surface area contributed by atoms with E-state index in [2.05, 4.69) is 20.2 Å². The molecule has 1 aliphatic rings. The summed E-state index contributed by atoms with van der Waals surface area (Å²) in [5.41, 5.74) is 2.05. The van der Waals surface area contributed by atoms with Crippen LogP contribution in [0.3, 0.4) is 0 Å². The van der Waals surface area contributed by atoms with Gasteiger partial charge in [0, 0.05) is 37.3 Å². The van der Waals surface area contributed by atoms with Crippen molar-refractivity contribution in [1.29, 1.82) is 0 Å². The number of aryl methyl sites for hydroxylation is 2. The normalized spacial score (nSPS) is 15.0. The summed E-state index contributed by atoms with van der Waals surface area (Å²) in [5.74, 6) is 2.78. The highest BCUT2D eigenvalue weighted by Crippen LogP contribution is 2.22. The molecule has 0 atom stereocenters. The van der Waals surface area contributed by atoms with Gasteiger partial charge in [0.1, 0.15) is 17.4 Å². The minimum Gasteiger partial charge on any atom is -0.497 e. The summed E-state index contributed by atoms with van der Waals surface area (Å²) in [7, 11) is 1.65. The Morgan fingerprint density at radius 2 is 1.88 bits per heavy atom. The number of amides is 1. The van der Waals surface area contributed by atoms with Gasteiger partial charge in [-0.3, -0.25) is 4.79 Å². The Balaban J connectivity index is 1.50. The highest BCUT2D eigenvalue weighted by Gasteiger charge is 2.25. The molecule has 1 amide bonds. The molecule has 1 N–H and O–H groups in total. The summed E-state index contributed by atoms with van der Waals surface area (Å²) in [6, 6.07) is 9.78. The zero-order chi connectivity index (χ0) is 18.5. The van der Waals surface area contributed by atoms with Crippen LogP contribution in [0.5, 0.6) is 5.75 Å². The summed E-state index contributed by atoms with van der Waals surface area (Å²) in [4.78, 5) is 23.6. The molecule has 1 aromatic heterocycles. The van der Waals surface area contributed by atoms with Gasteiger partial charge >= 0.3 is 0 Å². The highest BCUT2D eigenvalue weighted by atomic mass is 16.5. The van der Waals surface area contributed by atoms with Crippen LogP contribution in [0.4, 0.5) is 5.82 Å². The SMILES string of the molecule is COc1ccc(CNC(=O)C2CCN(c3cc(C)nc(C)n3)CC2)cc1. The lowest BCUT2D eigenvalue weighted by Gasteiger charge is -2.32. The first-order valence-corrected chi connectivity index (χ1v) is 9.03. The molecule has 0 bridgehead atoms. The number of hydrogen-bond acceptors (Lipinski definition) is 5. The van der Waals surface area contributed by atoms with E-state index >= 15 is 0 Å². The van der Waals surface area contributed by atoms with Gasteiger partial charge in [-0.05, 0) is 44.4 Å². The van der Waals surface area contributed by atoms with Crippen LogP contribution in [0.1, 0.15) is 29.9 Å². The third-order valence-corrected chi connectivity index (χ3v) is 4.77. The monoisotopic (exact) mass is 354 g/mol. The Labute approximate surface area is 154 Å². The molecule has 1 aliphatic heterocycles. The zero-order valence-electron chi connectivity index (χ0n) is 15.7. The maximum Gasteiger partial charge on any atom is 0.223 e. The number of aromatic nitrogens is 2. The van der Waals surface area contributed by atoms with E-state index in [0.29, 0.717) is 6.54 Å². The molecule has 2 aromatic rings. The molecule has 26 heavy (non-hydrogen) atoms. The number of carbonyl (C=O) groups is 1. The van der Waals surface area contributed by atoms with Gasteiger partial charge < -0.3 is 15.0 Å². The second kappa shape index (κ2) is 8.17. The lowest BCUT2D eigenvalue weighted by Crippen LogP contribution is -2.40. The van der Waals surface area contributed by atoms with Crippen molar-refractivity contribution in [2.75, 3.05) is 25.1 Å². The summed E-state index contributed by atoms with van der Waals surface area (Å²) in [5, 5.41) is 3.06. The number of nitrogens with zero attached hydrogens (tertiary/aromatic N) is 3. The second-order valence-electron chi connectivity index (χ2n) is 6.74. The first-order chi connectivity index (χ1) is 12.5. The molecule has 6 heteroatoms. The molecule has 0 saturated carbocycles. The number of benzene rings is 1. The Morgan fingerprint density at radius 3 is 2.50 bits per heavy atom. The minimum atomic E-state index is 0.0635. The summed E-state index contributed by atoms with van der Waals surface area (Å²) < 4.78 is 5.15. The number of ether oxygens (including phenoxy) is 1. The number of piperidine rings is 1. The number of rotatable bonds is 5. The maximum atomic E-state index is 12.5. The van der Waals surface area contributed by atoms with E-state index in [9.17, 15) is 4.79 Å². The van der Waals surface area contributed by atoms with Crippen molar-refractivity contribution >= 4 is 11.7 Å². The van der Waals surface area contributed by atoms with Gasteiger partial charge in [0.15, 0.2) is 0 Å². The third-order valence-electron chi connectivity index (χ3n) is 4.77. The molecular formula is C20H26N4O2. The first kappa shape index (κ1) is 18.2. The van der Waals surface area contributed by atoms with Gasteiger partial charge in [-0.1, -0.05) is 12.1 Å². The van der Waals surface area contributed by atoms with Crippen molar-refractivity contribution in [3.8, 4) is 5.75 Å². The van der Waals surface area contributed by atoms with Crippen molar-refractivity contribution in [3.63, 3.8) is 0 Å². The molecule has 0 unspecified atom stereocenters. The molecule has 138 valence electrons. The molecule has 1 aromatic carbocycles. The van der Waals surface area contributed by atoms with E-state index in [-0.39, 0.29) is 11.8 Å². The topological polar surface area (TPSA) is 67.3 Å². The predicted octanol–water partition coefficient (Wildman–Crippen LogP) is 2.63. The largest absolute Gasteiger partial charge is 0.497 e. The fourth-order valence-electron chi connectivity index (χ4n) is 3.31. The van der Waals surface area contributed by atoms with E-state index in [1.807, 2.05) is 44.2 Å². The minimum absolute atomic E-state index is 0.0635. The predicted molar refractivity (Wildman–Crippen MR) is 101 cm³/mol. The van der Waals surface area contributed by atoms with Crippen LogP contribution in [-0.2, 0) is 11.3 Å². The van der Waals surface area contributed by atoms with Crippen LogP contribution in [0.15, 0.2) is 30.3 Å². The van der Waals surface area contributed by atoms with Crippen molar-refractivity contribution in [2.45, 2.75) is 33.2 Å². The van der Waals surface area contributed by atoms with Gasteiger partial charge in [-0.2, -0.15) is 0 Å². The quantitative estimate of drug-likeness (QED) is 0.894. The van der Waals surface area contributed by atoms with Gasteiger partial charge in [-0.25, -0.2) is 9.97 Å². The third kappa shape index (κ3) is 4.50. The average Bonchev–Trinajstić information content (AvgIpc) is 2.66. The molecular weight excluding hydrogens is 328 g/mol. The van der Waals surface area contributed by atoms with Gasteiger partial charge in [0.25, 0.3) is 0 Å². The van der Waals surface area contributed by atoms with Gasteiger partial charge in [0.2, 0.25) is 5.91 Å². The van der Waals surface area contributed by atoms with E-state index in [0.717, 1.165) is 54.6 Å². The molecule has 6 nitrogen and oxygen atoms in total. The number of methoxy groups -OCH3 is 1. The Kier molecular flexibility index (Phi) is 5.71. The van der Waals surface area contributed by atoms with Crippen LogP contribution >= 0.6 is 0 Å². The Bertz CT molecular complexity index is 733. The summed E-state index contributed by atoms with van der Waals surface area (Å²) in [6.45, 7) is 6.13. The van der Waals surface area contributed by atoms with Gasteiger partial charge in [-0.15, -0.1) is 0 Å². The standard InChI is InChI=1S/C20H26N4O2/c1-14-12-19(23-15(2)22-14)24-10-8-17(9-11-24)20(25)21-13-16-4-6-18(26-3)7-5-16/h4-7,12,17H,8-11,13H2,1-3H3,(H,21,25). The second-order valence-corrected chi connectivity index (χ2v) is 6.74. The molecule has 1 saturated heterocycles. The average molecular weight is 354 g/mol. The van der Waals surface area contributed by atoms with Crippen molar-refractivity contribution < 1.29 is 9.53 Å².